The Bertz CT molecular complexity index is 1710. The summed E-state index contributed by atoms with van der Waals surface area (Å²) >= 11 is 0. The Balaban J connectivity index is 1.23. The number of rotatable bonds is 9. The average Bonchev–Trinajstić information content (AvgIpc) is 3.06. The predicted molar refractivity (Wildman–Crippen MR) is 170 cm³/mol. The number of nitrogens with zero attached hydrogens (tertiary/aromatic N) is 3. The van der Waals surface area contributed by atoms with Gasteiger partial charge in [0.1, 0.15) is 5.69 Å². The number of amides is 1. The lowest BCUT2D eigenvalue weighted by atomic mass is 9.90. The standard InChI is InChI=1S/C36H36N4O4/c1-24-33(22-40(2)21-25-9-4-3-5-10-25)43-36(44-34(24)27-17-15-26(23-41)16-18-27)28-11-8-12-29(19-28)38-35(42)32-20-37-30-13-6-7-14-31(30)39-32/h3-20,24,33-34,36,41H,21-23H2,1-2H3,(H,38,42)/t24-,33+,34+,36+/m0/s1. The first-order valence-electron chi connectivity index (χ1n) is 14.8. The van der Waals surface area contributed by atoms with Gasteiger partial charge < -0.3 is 19.9 Å². The molecule has 8 heteroatoms. The molecule has 0 radical (unpaired) electrons. The molecule has 4 atom stereocenters. The third-order valence-electron chi connectivity index (χ3n) is 8.01. The van der Waals surface area contributed by atoms with E-state index in [0.717, 1.165) is 28.8 Å². The number of likely N-dealkylation sites (N-methyl/N-ethyl adjacent to an activating group) is 1. The van der Waals surface area contributed by atoms with E-state index < -0.39 is 6.29 Å². The molecular weight excluding hydrogens is 552 g/mol. The number of aliphatic hydroxyl groups excluding tert-OH is 1. The Kier molecular flexibility index (Phi) is 9.04. The molecule has 6 rings (SSSR count). The number of aliphatic hydroxyl groups is 1. The van der Waals surface area contributed by atoms with Crippen molar-refractivity contribution in [3.63, 3.8) is 0 Å². The maximum absolute atomic E-state index is 13.1. The molecule has 1 saturated heterocycles. The minimum absolute atomic E-state index is 0.0106. The van der Waals surface area contributed by atoms with Gasteiger partial charge >= 0.3 is 0 Å². The second kappa shape index (κ2) is 13.4. The number of hydrogen-bond acceptors (Lipinski definition) is 7. The van der Waals surface area contributed by atoms with Gasteiger partial charge in [-0.05, 0) is 48.0 Å². The third-order valence-corrected chi connectivity index (χ3v) is 8.01. The van der Waals surface area contributed by atoms with Crippen LogP contribution in [-0.2, 0) is 22.6 Å². The van der Waals surface area contributed by atoms with E-state index >= 15 is 0 Å². The van der Waals surface area contributed by atoms with E-state index in [0.29, 0.717) is 17.7 Å². The average molecular weight is 589 g/mol. The summed E-state index contributed by atoms with van der Waals surface area (Å²) in [4.78, 5) is 24.2. The Morgan fingerprint density at radius 2 is 1.61 bits per heavy atom. The molecule has 1 aromatic heterocycles. The molecule has 1 aliphatic heterocycles. The lowest BCUT2D eigenvalue weighted by Crippen LogP contribution is -2.43. The van der Waals surface area contributed by atoms with Crippen LogP contribution >= 0.6 is 0 Å². The maximum atomic E-state index is 13.1. The van der Waals surface area contributed by atoms with Gasteiger partial charge in [0.15, 0.2) is 6.29 Å². The molecule has 8 nitrogen and oxygen atoms in total. The number of ether oxygens (including phenoxy) is 2. The Morgan fingerprint density at radius 3 is 2.39 bits per heavy atom. The van der Waals surface area contributed by atoms with Gasteiger partial charge in [-0.2, -0.15) is 0 Å². The quantitative estimate of drug-likeness (QED) is 0.209. The van der Waals surface area contributed by atoms with E-state index in [4.69, 9.17) is 9.47 Å². The molecular formula is C36H36N4O4. The summed E-state index contributed by atoms with van der Waals surface area (Å²) in [6, 6.07) is 33.3. The summed E-state index contributed by atoms with van der Waals surface area (Å²) in [6.45, 7) is 3.65. The summed E-state index contributed by atoms with van der Waals surface area (Å²) in [7, 11) is 2.10. The highest BCUT2D eigenvalue weighted by atomic mass is 16.7. The molecule has 1 fully saturated rings. The number of carbonyl (C=O) groups is 1. The van der Waals surface area contributed by atoms with E-state index in [-0.39, 0.29) is 36.3 Å². The summed E-state index contributed by atoms with van der Waals surface area (Å²) in [5.41, 5.74) is 6.15. The highest BCUT2D eigenvalue weighted by molar-refractivity contribution is 6.03. The van der Waals surface area contributed by atoms with Crippen molar-refractivity contribution in [1.82, 2.24) is 14.9 Å². The van der Waals surface area contributed by atoms with Crippen molar-refractivity contribution in [3.05, 3.63) is 137 Å². The van der Waals surface area contributed by atoms with Crippen LogP contribution in [0, 0.1) is 5.92 Å². The molecule has 5 aromatic rings. The molecule has 44 heavy (non-hydrogen) atoms. The minimum Gasteiger partial charge on any atom is -0.392 e. The monoisotopic (exact) mass is 588 g/mol. The summed E-state index contributed by atoms with van der Waals surface area (Å²) in [6.07, 6.45) is 0.472. The summed E-state index contributed by atoms with van der Waals surface area (Å²) < 4.78 is 13.3. The highest BCUT2D eigenvalue weighted by Crippen LogP contribution is 2.42. The van der Waals surface area contributed by atoms with Crippen molar-refractivity contribution < 1.29 is 19.4 Å². The van der Waals surface area contributed by atoms with Gasteiger partial charge in [0.2, 0.25) is 0 Å². The van der Waals surface area contributed by atoms with E-state index in [1.165, 1.54) is 11.8 Å². The van der Waals surface area contributed by atoms with Crippen molar-refractivity contribution in [2.75, 3.05) is 18.9 Å². The van der Waals surface area contributed by atoms with Crippen LogP contribution in [0.15, 0.2) is 109 Å². The third kappa shape index (κ3) is 6.85. The number of carbonyl (C=O) groups excluding carboxylic acids is 1. The number of fused-ring (bicyclic) bond motifs is 1. The smallest absolute Gasteiger partial charge is 0.275 e. The normalized spacial score (nSPS) is 20.1. The number of anilines is 1. The van der Waals surface area contributed by atoms with Crippen molar-refractivity contribution >= 4 is 22.6 Å². The number of benzene rings is 4. The van der Waals surface area contributed by atoms with Crippen LogP contribution in [0.4, 0.5) is 5.69 Å². The molecule has 224 valence electrons. The van der Waals surface area contributed by atoms with Gasteiger partial charge in [0.25, 0.3) is 5.91 Å². The fourth-order valence-corrected chi connectivity index (χ4v) is 5.62. The van der Waals surface area contributed by atoms with Crippen LogP contribution in [0.1, 0.15) is 52.1 Å². The lowest BCUT2D eigenvalue weighted by Gasteiger charge is -2.42. The number of nitrogens with one attached hydrogen (secondary N) is 1. The first-order chi connectivity index (χ1) is 21.5. The second-order valence-electron chi connectivity index (χ2n) is 11.3. The molecule has 4 aromatic carbocycles. The molecule has 0 aliphatic carbocycles. The van der Waals surface area contributed by atoms with Gasteiger partial charge in [-0.15, -0.1) is 0 Å². The van der Waals surface area contributed by atoms with Crippen LogP contribution in [0.3, 0.4) is 0 Å². The molecule has 0 spiro atoms. The van der Waals surface area contributed by atoms with E-state index in [9.17, 15) is 9.90 Å². The van der Waals surface area contributed by atoms with Crippen molar-refractivity contribution in [2.45, 2.75) is 38.6 Å². The number of hydrogen-bond donors (Lipinski definition) is 2. The number of para-hydroxylation sites is 2. The van der Waals surface area contributed by atoms with Gasteiger partial charge in [0.05, 0.1) is 36.0 Å². The van der Waals surface area contributed by atoms with Crippen molar-refractivity contribution in [3.8, 4) is 0 Å². The zero-order valence-corrected chi connectivity index (χ0v) is 24.8. The molecule has 0 bridgehead atoms. The SMILES string of the molecule is C[C@H]1[C@@H](CN(C)Cc2ccccc2)O[C@@H](c2cccc(NC(=O)c3cnc4ccccc4n3)c2)O[C@H]1c1ccc(CO)cc1. The van der Waals surface area contributed by atoms with Crippen LogP contribution in [0.25, 0.3) is 11.0 Å². The molecule has 2 N–H and O–H groups in total. The van der Waals surface area contributed by atoms with Gasteiger partial charge in [-0.3, -0.25) is 14.7 Å². The topological polar surface area (TPSA) is 96.8 Å². The minimum atomic E-state index is -0.652. The lowest BCUT2D eigenvalue weighted by molar-refractivity contribution is -0.276. The summed E-state index contributed by atoms with van der Waals surface area (Å²) in [5.74, 6) is -0.291. The van der Waals surface area contributed by atoms with Crippen LogP contribution in [-0.4, -0.2) is 45.6 Å². The fourth-order valence-electron chi connectivity index (χ4n) is 5.62. The van der Waals surface area contributed by atoms with E-state index in [1.54, 1.807) is 0 Å². The van der Waals surface area contributed by atoms with E-state index in [2.05, 4.69) is 58.4 Å². The largest absolute Gasteiger partial charge is 0.392 e. The van der Waals surface area contributed by atoms with Gasteiger partial charge in [-0.25, -0.2) is 4.98 Å². The highest BCUT2D eigenvalue weighted by Gasteiger charge is 2.39. The first kappa shape index (κ1) is 29.6. The zero-order valence-electron chi connectivity index (χ0n) is 24.8. The molecule has 0 unspecified atom stereocenters. The summed E-state index contributed by atoms with van der Waals surface area (Å²) in [5, 5.41) is 12.5. The van der Waals surface area contributed by atoms with Gasteiger partial charge in [0, 0.05) is 30.3 Å². The van der Waals surface area contributed by atoms with Crippen LogP contribution < -0.4 is 5.32 Å². The van der Waals surface area contributed by atoms with Crippen LogP contribution in [0.2, 0.25) is 0 Å². The first-order valence-corrected chi connectivity index (χ1v) is 14.8. The van der Waals surface area contributed by atoms with Crippen molar-refractivity contribution in [1.29, 1.82) is 0 Å². The zero-order chi connectivity index (χ0) is 30.5. The molecule has 2 heterocycles. The molecule has 0 saturated carbocycles. The Labute approximate surface area is 257 Å². The molecule has 1 amide bonds. The maximum Gasteiger partial charge on any atom is 0.275 e. The van der Waals surface area contributed by atoms with E-state index in [1.807, 2.05) is 78.9 Å². The van der Waals surface area contributed by atoms with Crippen molar-refractivity contribution in [2.24, 2.45) is 5.92 Å². The second-order valence-corrected chi connectivity index (χ2v) is 11.3. The Morgan fingerprint density at radius 1 is 0.864 bits per heavy atom. The predicted octanol–water partition coefficient (Wildman–Crippen LogP) is 6.30. The van der Waals surface area contributed by atoms with Crippen LogP contribution in [0.5, 0.6) is 0 Å². The number of aromatic nitrogens is 2. The molecule has 1 aliphatic rings. The fraction of sp³-hybridized carbons (Fsp3) is 0.250. The Hall–Kier alpha value is -4.47. The van der Waals surface area contributed by atoms with Gasteiger partial charge in [-0.1, -0.05) is 85.8 Å².